The van der Waals surface area contributed by atoms with E-state index in [2.05, 4.69) is 30.8 Å². The lowest BCUT2D eigenvalue weighted by atomic mass is 10.2. The van der Waals surface area contributed by atoms with Crippen LogP contribution >= 0.6 is 11.6 Å². The Kier molecular flexibility index (Phi) is 3.13. The van der Waals surface area contributed by atoms with Crippen molar-refractivity contribution in [2.24, 2.45) is 0 Å². The SMILES string of the molecule is O=C(Nc1cc(Cl)ccc1-n1cncn1)c1cn[nH]n1. The van der Waals surface area contributed by atoms with Gasteiger partial charge in [-0.1, -0.05) is 11.6 Å². The number of aromatic nitrogens is 6. The predicted molar refractivity (Wildman–Crippen MR) is 70.7 cm³/mol. The third-order valence-electron chi connectivity index (χ3n) is 2.52. The van der Waals surface area contributed by atoms with Crippen molar-refractivity contribution in [3.05, 3.63) is 47.8 Å². The maximum absolute atomic E-state index is 12.0. The molecule has 3 aromatic rings. The summed E-state index contributed by atoms with van der Waals surface area (Å²) in [6.07, 6.45) is 4.25. The summed E-state index contributed by atoms with van der Waals surface area (Å²) < 4.78 is 1.52. The molecule has 0 aliphatic heterocycles. The molecule has 2 heterocycles. The minimum atomic E-state index is -0.401. The summed E-state index contributed by atoms with van der Waals surface area (Å²) in [5.41, 5.74) is 1.31. The smallest absolute Gasteiger partial charge is 0.277 e. The first-order chi connectivity index (χ1) is 9.74. The fraction of sp³-hybridized carbons (Fsp3) is 0. The Morgan fingerprint density at radius 2 is 2.30 bits per heavy atom. The topological polar surface area (TPSA) is 101 Å². The number of nitrogens with one attached hydrogen (secondary N) is 2. The van der Waals surface area contributed by atoms with Crippen LogP contribution < -0.4 is 5.32 Å². The molecule has 1 aromatic carbocycles. The molecule has 0 aliphatic rings. The Morgan fingerprint density at radius 1 is 1.40 bits per heavy atom. The van der Waals surface area contributed by atoms with Crippen molar-refractivity contribution in [3.8, 4) is 5.69 Å². The Balaban J connectivity index is 1.96. The number of hydrogen-bond acceptors (Lipinski definition) is 5. The number of aromatic amines is 1. The Hall–Kier alpha value is -2.74. The zero-order valence-corrected chi connectivity index (χ0v) is 10.7. The number of hydrogen-bond donors (Lipinski definition) is 2. The Labute approximate surface area is 117 Å². The molecule has 2 N–H and O–H groups in total. The van der Waals surface area contributed by atoms with Crippen LogP contribution in [0, 0.1) is 0 Å². The molecule has 100 valence electrons. The van der Waals surface area contributed by atoms with E-state index in [0.29, 0.717) is 16.4 Å². The van der Waals surface area contributed by atoms with Gasteiger partial charge in [0.2, 0.25) is 0 Å². The minimum Gasteiger partial charge on any atom is -0.319 e. The summed E-state index contributed by atoms with van der Waals surface area (Å²) in [5, 5.41) is 16.9. The maximum atomic E-state index is 12.0. The van der Waals surface area contributed by atoms with E-state index in [1.807, 2.05) is 0 Å². The standard InChI is InChI=1S/C11H8ClN7O/c12-7-1-2-10(19-6-13-5-15-19)8(3-7)16-11(20)9-4-14-18-17-9/h1-6H,(H,16,20)(H,14,17,18). The number of H-pyrrole nitrogens is 1. The van der Waals surface area contributed by atoms with E-state index >= 15 is 0 Å². The highest BCUT2D eigenvalue weighted by Crippen LogP contribution is 2.24. The van der Waals surface area contributed by atoms with E-state index in [1.165, 1.54) is 23.5 Å². The van der Waals surface area contributed by atoms with Crippen LogP contribution in [0.25, 0.3) is 5.69 Å². The molecule has 0 unspecified atom stereocenters. The zero-order chi connectivity index (χ0) is 13.9. The van der Waals surface area contributed by atoms with Crippen LogP contribution in [0.2, 0.25) is 5.02 Å². The number of amides is 1. The molecule has 0 saturated carbocycles. The molecule has 0 aliphatic carbocycles. The van der Waals surface area contributed by atoms with Crippen LogP contribution in [-0.4, -0.2) is 36.1 Å². The van der Waals surface area contributed by atoms with Gasteiger partial charge in [0.15, 0.2) is 5.69 Å². The first-order valence-corrected chi connectivity index (χ1v) is 5.93. The molecular weight excluding hydrogens is 282 g/mol. The number of anilines is 1. The quantitative estimate of drug-likeness (QED) is 0.756. The molecule has 0 atom stereocenters. The highest BCUT2D eigenvalue weighted by molar-refractivity contribution is 6.31. The van der Waals surface area contributed by atoms with Crippen molar-refractivity contribution in [3.63, 3.8) is 0 Å². The molecule has 2 aromatic heterocycles. The van der Waals surface area contributed by atoms with Crippen molar-refractivity contribution in [2.45, 2.75) is 0 Å². The van der Waals surface area contributed by atoms with Crippen molar-refractivity contribution in [2.75, 3.05) is 5.32 Å². The lowest BCUT2D eigenvalue weighted by molar-refractivity contribution is 0.102. The van der Waals surface area contributed by atoms with Gasteiger partial charge in [-0.25, -0.2) is 9.67 Å². The van der Waals surface area contributed by atoms with Gasteiger partial charge in [0.1, 0.15) is 12.7 Å². The van der Waals surface area contributed by atoms with E-state index in [0.717, 1.165) is 0 Å². The number of nitrogens with zero attached hydrogens (tertiary/aromatic N) is 5. The van der Waals surface area contributed by atoms with E-state index in [1.54, 1.807) is 18.2 Å². The van der Waals surface area contributed by atoms with Crippen LogP contribution in [0.3, 0.4) is 0 Å². The van der Waals surface area contributed by atoms with Gasteiger partial charge in [0, 0.05) is 5.02 Å². The number of carbonyl (C=O) groups excluding carboxylic acids is 1. The summed E-state index contributed by atoms with van der Waals surface area (Å²) in [6, 6.07) is 5.05. The van der Waals surface area contributed by atoms with Crippen LogP contribution in [0.1, 0.15) is 10.5 Å². The van der Waals surface area contributed by atoms with Gasteiger partial charge in [-0.05, 0) is 18.2 Å². The molecule has 20 heavy (non-hydrogen) atoms. The molecule has 0 bridgehead atoms. The van der Waals surface area contributed by atoms with Crippen molar-refractivity contribution in [1.29, 1.82) is 0 Å². The van der Waals surface area contributed by atoms with Crippen LogP contribution in [0.4, 0.5) is 5.69 Å². The predicted octanol–water partition coefficient (Wildman–Crippen LogP) is 1.29. The van der Waals surface area contributed by atoms with Crippen LogP contribution in [0.15, 0.2) is 37.1 Å². The monoisotopic (exact) mass is 289 g/mol. The minimum absolute atomic E-state index is 0.175. The van der Waals surface area contributed by atoms with Crippen LogP contribution in [0.5, 0.6) is 0 Å². The average molecular weight is 290 g/mol. The number of rotatable bonds is 3. The molecule has 8 nitrogen and oxygen atoms in total. The molecule has 0 fully saturated rings. The van der Waals surface area contributed by atoms with Gasteiger partial charge in [-0.3, -0.25) is 4.79 Å². The largest absolute Gasteiger partial charge is 0.319 e. The number of halogens is 1. The van der Waals surface area contributed by atoms with Crippen LogP contribution in [-0.2, 0) is 0 Å². The second-order valence-electron chi connectivity index (χ2n) is 3.81. The van der Waals surface area contributed by atoms with Crippen molar-refractivity contribution in [1.82, 2.24) is 30.2 Å². The van der Waals surface area contributed by atoms with Gasteiger partial charge in [-0.2, -0.15) is 20.5 Å². The second kappa shape index (κ2) is 5.10. The number of carbonyl (C=O) groups is 1. The summed E-state index contributed by atoms with van der Waals surface area (Å²) >= 11 is 5.96. The van der Waals surface area contributed by atoms with Gasteiger partial charge >= 0.3 is 0 Å². The Bertz CT molecular complexity index is 723. The second-order valence-corrected chi connectivity index (χ2v) is 4.25. The molecule has 9 heteroatoms. The molecule has 1 amide bonds. The summed E-state index contributed by atoms with van der Waals surface area (Å²) in [6.45, 7) is 0. The lowest BCUT2D eigenvalue weighted by Gasteiger charge is -2.10. The first kappa shape index (κ1) is 12.3. The highest BCUT2D eigenvalue weighted by Gasteiger charge is 2.13. The summed E-state index contributed by atoms with van der Waals surface area (Å²) in [4.78, 5) is 15.9. The molecule has 0 saturated heterocycles. The zero-order valence-electron chi connectivity index (χ0n) is 9.99. The van der Waals surface area contributed by atoms with Gasteiger partial charge in [0.05, 0.1) is 17.6 Å². The van der Waals surface area contributed by atoms with E-state index in [9.17, 15) is 4.79 Å². The maximum Gasteiger partial charge on any atom is 0.277 e. The number of benzene rings is 1. The first-order valence-electron chi connectivity index (χ1n) is 5.56. The third-order valence-corrected chi connectivity index (χ3v) is 2.76. The average Bonchev–Trinajstić information content (AvgIpc) is 3.12. The van der Waals surface area contributed by atoms with Crippen molar-refractivity contribution >= 4 is 23.2 Å². The van der Waals surface area contributed by atoms with E-state index < -0.39 is 5.91 Å². The van der Waals surface area contributed by atoms with Gasteiger partial charge in [0.25, 0.3) is 5.91 Å². The summed E-state index contributed by atoms with van der Waals surface area (Å²) in [7, 11) is 0. The fourth-order valence-corrected chi connectivity index (χ4v) is 1.81. The van der Waals surface area contributed by atoms with Gasteiger partial charge in [-0.15, -0.1) is 0 Å². The van der Waals surface area contributed by atoms with Crippen molar-refractivity contribution < 1.29 is 4.79 Å². The van der Waals surface area contributed by atoms with Gasteiger partial charge < -0.3 is 5.32 Å². The van der Waals surface area contributed by atoms with E-state index in [4.69, 9.17) is 11.6 Å². The third kappa shape index (κ3) is 2.36. The summed E-state index contributed by atoms with van der Waals surface area (Å²) in [5.74, 6) is -0.401. The molecule has 0 spiro atoms. The molecule has 3 rings (SSSR count). The normalized spacial score (nSPS) is 10.4. The Morgan fingerprint density at radius 3 is 3.00 bits per heavy atom. The fourth-order valence-electron chi connectivity index (χ4n) is 1.64. The molecular formula is C11H8ClN7O. The lowest BCUT2D eigenvalue weighted by Crippen LogP contribution is -2.14. The molecule has 0 radical (unpaired) electrons. The van der Waals surface area contributed by atoms with E-state index in [-0.39, 0.29) is 5.69 Å². The highest BCUT2D eigenvalue weighted by atomic mass is 35.5.